The molecule has 2 atom stereocenters. The lowest BCUT2D eigenvalue weighted by Crippen LogP contribution is -2.35. The van der Waals surface area contributed by atoms with Gasteiger partial charge < -0.3 is 14.7 Å². The van der Waals surface area contributed by atoms with Crippen molar-refractivity contribution in [3.8, 4) is 5.75 Å². The highest BCUT2D eigenvalue weighted by Crippen LogP contribution is 2.29. The zero-order valence-corrected chi connectivity index (χ0v) is 12.6. The fraction of sp³-hybridized carbons (Fsp3) is 0.462. The predicted octanol–water partition coefficient (Wildman–Crippen LogP) is 2.36. The molecule has 0 spiro atoms. The molecular weight excluding hydrogens is 298 g/mol. The number of carbonyl (C=O) groups excluding carboxylic acids is 1. The van der Waals surface area contributed by atoms with Gasteiger partial charge in [0.25, 0.3) is 5.91 Å². The van der Waals surface area contributed by atoms with Crippen LogP contribution < -0.4 is 4.74 Å². The van der Waals surface area contributed by atoms with Gasteiger partial charge in [0, 0.05) is 24.1 Å². The molecule has 5 heteroatoms. The molecule has 100 valence electrons. The fourth-order valence-corrected chi connectivity index (χ4v) is 1.94. The van der Waals surface area contributed by atoms with Gasteiger partial charge in [0.1, 0.15) is 5.75 Å². The highest BCUT2D eigenvalue weighted by atomic mass is 79.9. The monoisotopic (exact) mass is 315 g/mol. The van der Waals surface area contributed by atoms with E-state index in [2.05, 4.69) is 15.9 Å². The molecular formula is C13H18BrNO3. The van der Waals surface area contributed by atoms with E-state index in [1.165, 1.54) is 4.90 Å². The number of amides is 1. The van der Waals surface area contributed by atoms with Gasteiger partial charge in [-0.25, -0.2) is 0 Å². The summed E-state index contributed by atoms with van der Waals surface area (Å²) in [5.74, 6) is 0.408. The van der Waals surface area contributed by atoms with E-state index >= 15 is 0 Å². The minimum atomic E-state index is -0.654. The highest BCUT2D eigenvalue weighted by molar-refractivity contribution is 9.10. The SMILES string of the molecule is CC(Oc1ccc(Br)cc1[C@H](C)O)C(=O)N(C)C. The van der Waals surface area contributed by atoms with Crippen LogP contribution in [0.15, 0.2) is 22.7 Å². The van der Waals surface area contributed by atoms with Crippen molar-refractivity contribution in [1.29, 1.82) is 0 Å². The highest BCUT2D eigenvalue weighted by Gasteiger charge is 2.19. The lowest BCUT2D eigenvalue weighted by molar-refractivity contribution is -0.135. The van der Waals surface area contributed by atoms with Crippen molar-refractivity contribution in [2.75, 3.05) is 14.1 Å². The van der Waals surface area contributed by atoms with E-state index in [0.29, 0.717) is 11.3 Å². The van der Waals surface area contributed by atoms with Crippen molar-refractivity contribution in [3.05, 3.63) is 28.2 Å². The summed E-state index contributed by atoms with van der Waals surface area (Å²) in [6.45, 7) is 3.35. The lowest BCUT2D eigenvalue weighted by atomic mass is 10.1. The van der Waals surface area contributed by atoms with Crippen molar-refractivity contribution in [1.82, 2.24) is 4.90 Å². The molecule has 1 aromatic carbocycles. The number of benzene rings is 1. The Morgan fingerprint density at radius 1 is 1.39 bits per heavy atom. The molecule has 1 rings (SSSR count). The van der Waals surface area contributed by atoms with Gasteiger partial charge in [-0.1, -0.05) is 15.9 Å². The second-order valence-electron chi connectivity index (χ2n) is 4.35. The van der Waals surface area contributed by atoms with Crippen molar-refractivity contribution in [3.63, 3.8) is 0 Å². The molecule has 1 N–H and O–H groups in total. The molecule has 0 aliphatic carbocycles. The van der Waals surface area contributed by atoms with Gasteiger partial charge in [0.05, 0.1) is 6.10 Å². The quantitative estimate of drug-likeness (QED) is 0.928. The number of carbonyl (C=O) groups is 1. The summed E-state index contributed by atoms with van der Waals surface area (Å²) in [6.07, 6.45) is -1.24. The third-order valence-electron chi connectivity index (χ3n) is 2.51. The molecule has 0 aliphatic rings. The molecule has 0 aliphatic heterocycles. The third-order valence-corrected chi connectivity index (χ3v) is 3.01. The van der Waals surface area contributed by atoms with Gasteiger partial charge in [-0.05, 0) is 32.0 Å². The van der Waals surface area contributed by atoms with Gasteiger partial charge in [0.15, 0.2) is 6.10 Å². The van der Waals surface area contributed by atoms with E-state index in [-0.39, 0.29) is 5.91 Å². The van der Waals surface area contributed by atoms with Gasteiger partial charge in [-0.2, -0.15) is 0 Å². The van der Waals surface area contributed by atoms with Crippen molar-refractivity contribution < 1.29 is 14.6 Å². The van der Waals surface area contributed by atoms with Gasteiger partial charge in [-0.3, -0.25) is 4.79 Å². The molecule has 4 nitrogen and oxygen atoms in total. The molecule has 0 fully saturated rings. The number of halogens is 1. The number of aliphatic hydroxyl groups is 1. The molecule has 0 heterocycles. The number of hydrogen-bond donors (Lipinski definition) is 1. The second-order valence-corrected chi connectivity index (χ2v) is 5.27. The summed E-state index contributed by atoms with van der Waals surface area (Å²) >= 11 is 3.34. The van der Waals surface area contributed by atoms with Crippen LogP contribution in [0.2, 0.25) is 0 Å². The Bertz CT molecular complexity index is 432. The van der Waals surface area contributed by atoms with Crippen molar-refractivity contribution in [2.24, 2.45) is 0 Å². The van der Waals surface area contributed by atoms with E-state index in [4.69, 9.17) is 4.74 Å². The summed E-state index contributed by atoms with van der Waals surface area (Å²) in [4.78, 5) is 13.2. The predicted molar refractivity (Wildman–Crippen MR) is 73.6 cm³/mol. The number of nitrogens with zero attached hydrogens (tertiary/aromatic N) is 1. The van der Waals surface area contributed by atoms with Crippen LogP contribution in [0.3, 0.4) is 0 Å². The van der Waals surface area contributed by atoms with Crippen LogP contribution in [0.1, 0.15) is 25.5 Å². The Labute approximate surface area is 116 Å². The topological polar surface area (TPSA) is 49.8 Å². The molecule has 0 saturated heterocycles. The standard InChI is InChI=1S/C13H18BrNO3/c1-8(16)11-7-10(14)5-6-12(11)18-9(2)13(17)15(3)4/h5-9,16H,1-4H3/t8-,9?/m0/s1. The Hall–Kier alpha value is -1.07. The first-order valence-corrected chi connectivity index (χ1v) is 6.47. The van der Waals surface area contributed by atoms with Crippen LogP contribution in [0.4, 0.5) is 0 Å². The maximum Gasteiger partial charge on any atom is 0.262 e. The van der Waals surface area contributed by atoms with Crippen LogP contribution in [0.5, 0.6) is 5.75 Å². The number of likely N-dealkylation sites (N-methyl/N-ethyl adjacent to an activating group) is 1. The lowest BCUT2D eigenvalue weighted by Gasteiger charge is -2.21. The zero-order valence-electron chi connectivity index (χ0n) is 11.0. The molecule has 18 heavy (non-hydrogen) atoms. The van der Waals surface area contributed by atoms with E-state index < -0.39 is 12.2 Å². The number of rotatable bonds is 4. The Morgan fingerprint density at radius 3 is 2.50 bits per heavy atom. The van der Waals surface area contributed by atoms with Gasteiger partial charge in [-0.15, -0.1) is 0 Å². The normalized spacial score (nSPS) is 13.9. The van der Waals surface area contributed by atoms with Crippen LogP contribution in [0.25, 0.3) is 0 Å². The number of hydrogen-bond acceptors (Lipinski definition) is 3. The number of ether oxygens (including phenoxy) is 1. The minimum absolute atomic E-state index is 0.116. The van der Waals surface area contributed by atoms with E-state index in [9.17, 15) is 9.90 Å². The Kier molecular flexibility index (Phi) is 5.16. The van der Waals surface area contributed by atoms with E-state index in [1.807, 2.05) is 6.07 Å². The second kappa shape index (κ2) is 6.20. The first-order chi connectivity index (χ1) is 8.32. The maximum absolute atomic E-state index is 11.7. The van der Waals surface area contributed by atoms with Crippen molar-refractivity contribution in [2.45, 2.75) is 26.1 Å². The van der Waals surface area contributed by atoms with E-state index in [1.54, 1.807) is 40.1 Å². The largest absolute Gasteiger partial charge is 0.481 e. The molecule has 1 amide bonds. The molecule has 1 aromatic rings. The van der Waals surface area contributed by atoms with E-state index in [0.717, 1.165) is 4.47 Å². The first-order valence-electron chi connectivity index (χ1n) is 5.68. The maximum atomic E-state index is 11.7. The Balaban J connectivity index is 2.94. The summed E-state index contributed by atoms with van der Waals surface area (Å²) in [7, 11) is 3.36. The van der Waals surface area contributed by atoms with Crippen molar-refractivity contribution >= 4 is 21.8 Å². The average molecular weight is 316 g/mol. The molecule has 0 saturated carbocycles. The Morgan fingerprint density at radius 2 is 2.00 bits per heavy atom. The molecule has 1 unspecified atom stereocenters. The average Bonchev–Trinajstić information content (AvgIpc) is 2.29. The number of aliphatic hydroxyl groups excluding tert-OH is 1. The smallest absolute Gasteiger partial charge is 0.262 e. The van der Waals surface area contributed by atoms with Crippen LogP contribution in [-0.4, -0.2) is 36.1 Å². The molecule has 0 aromatic heterocycles. The zero-order chi connectivity index (χ0) is 13.9. The summed E-state index contributed by atoms with van der Waals surface area (Å²) in [5, 5.41) is 9.69. The van der Waals surface area contributed by atoms with Gasteiger partial charge >= 0.3 is 0 Å². The van der Waals surface area contributed by atoms with Crippen LogP contribution in [0, 0.1) is 0 Å². The van der Waals surface area contributed by atoms with Crippen LogP contribution in [-0.2, 0) is 4.79 Å². The first kappa shape index (κ1) is 15.0. The summed E-state index contributed by atoms with van der Waals surface area (Å²) in [6, 6.07) is 5.34. The molecule has 0 bridgehead atoms. The van der Waals surface area contributed by atoms with Gasteiger partial charge in [0.2, 0.25) is 0 Å². The van der Waals surface area contributed by atoms with Crippen LogP contribution >= 0.6 is 15.9 Å². The summed E-state index contributed by atoms with van der Waals surface area (Å²) in [5.41, 5.74) is 0.655. The summed E-state index contributed by atoms with van der Waals surface area (Å²) < 4.78 is 6.47. The molecule has 0 radical (unpaired) electrons. The minimum Gasteiger partial charge on any atom is -0.481 e. The fourth-order valence-electron chi connectivity index (χ4n) is 1.56. The third kappa shape index (κ3) is 3.71.